The smallest absolute Gasteiger partial charge is 0.143 e. The Balaban J connectivity index is 0.887. The Labute approximate surface area is 384 Å². The Morgan fingerprint density at radius 3 is 1.42 bits per heavy atom. The van der Waals surface area contributed by atoms with E-state index in [-0.39, 0.29) is 0 Å². The summed E-state index contributed by atoms with van der Waals surface area (Å²) in [4.78, 5) is 2.38. The van der Waals surface area contributed by atoms with Crippen LogP contribution in [0.1, 0.15) is 0 Å². The van der Waals surface area contributed by atoms with E-state index in [2.05, 4.69) is 254 Å². The van der Waals surface area contributed by atoms with E-state index >= 15 is 0 Å². The average molecular weight is 842 g/mol. The number of nitrogens with zero attached hydrogens (tertiary/aromatic N) is 1. The fourth-order valence-corrected chi connectivity index (χ4v) is 9.48. The molecular weight excluding hydrogens is 799 g/mol. The summed E-state index contributed by atoms with van der Waals surface area (Å²) in [6.45, 7) is 0. The Hall–Kier alpha value is -8.72. The van der Waals surface area contributed by atoms with Gasteiger partial charge in [0, 0.05) is 33.3 Å². The molecule has 310 valence electrons. The molecule has 0 bridgehead atoms. The van der Waals surface area contributed by atoms with Gasteiger partial charge in [-0.25, -0.2) is 0 Å². The van der Waals surface area contributed by atoms with Gasteiger partial charge < -0.3 is 9.32 Å². The number of hydrogen-bond donors (Lipinski definition) is 0. The number of para-hydroxylation sites is 3. The van der Waals surface area contributed by atoms with E-state index < -0.39 is 0 Å². The molecular formula is C64H43NO. The molecule has 11 aromatic carbocycles. The van der Waals surface area contributed by atoms with Crippen LogP contribution >= 0.6 is 0 Å². The van der Waals surface area contributed by atoms with Crippen LogP contribution in [0.3, 0.4) is 0 Å². The molecule has 0 aliphatic carbocycles. The maximum absolute atomic E-state index is 6.45. The van der Waals surface area contributed by atoms with Gasteiger partial charge in [0.1, 0.15) is 11.2 Å². The molecule has 0 atom stereocenters. The lowest BCUT2D eigenvalue weighted by Gasteiger charge is -2.28. The van der Waals surface area contributed by atoms with Crippen molar-refractivity contribution in [1.82, 2.24) is 0 Å². The van der Waals surface area contributed by atoms with Gasteiger partial charge in [-0.05, 0) is 115 Å². The zero-order chi connectivity index (χ0) is 43.8. The van der Waals surface area contributed by atoms with Gasteiger partial charge in [-0.2, -0.15) is 0 Å². The highest BCUT2D eigenvalue weighted by Gasteiger charge is 2.19. The van der Waals surface area contributed by atoms with Gasteiger partial charge in [-0.1, -0.05) is 212 Å². The quantitative estimate of drug-likeness (QED) is 0.144. The molecule has 66 heavy (non-hydrogen) atoms. The number of fused-ring (bicyclic) bond motifs is 4. The standard InChI is InChI=1S/C64H43NO/c1-2-12-44(13-3-1)46-28-31-50(32-29-46)58-18-6-8-22-62(58)65(57-40-36-51(37-41-57)59-20-11-21-61-60-19-7-9-23-63(60)66-64(59)61)56-38-34-48(35-39-56)47-24-26-49(27-25-47)53-16-10-17-54(42-53)55-33-30-45-14-4-5-15-52(45)43-55/h1-43H. The summed E-state index contributed by atoms with van der Waals surface area (Å²) in [6.07, 6.45) is 0. The van der Waals surface area contributed by atoms with Crippen molar-refractivity contribution in [2.75, 3.05) is 4.90 Å². The Morgan fingerprint density at radius 1 is 0.258 bits per heavy atom. The SMILES string of the molecule is c1ccc(-c2ccc(-c3ccccc3N(c3ccc(-c4ccc(-c5cccc(-c6ccc7ccccc7c6)c5)cc4)cc3)c3ccc(-c4cccc5c4oc4ccccc45)cc3)cc2)cc1. The molecule has 0 aliphatic heterocycles. The van der Waals surface area contributed by atoms with E-state index in [4.69, 9.17) is 4.42 Å². The Bertz CT molecular complexity index is 3660. The lowest BCUT2D eigenvalue weighted by molar-refractivity contribution is 0.670. The first-order valence-corrected chi connectivity index (χ1v) is 22.6. The van der Waals surface area contributed by atoms with Crippen LogP contribution in [0.5, 0.6) is 0 Å². The Morgan fingerprint density at radius 2 is 0.697 bits per heavy atom. The van der Waals surface area contributed by atoms with Gasteiger partial charge in [-0.15, -0.1) is 0 Å². The van der Waals surface area contributed by atoms with Crippen LogP contribution in [0.2, 0.25) is 0 Å². The molecule has 1 heterocycles. The average Bonchev–Trinajstić information content (AvgIpc) is 3.79. The van der Waals surface area contributed by atoms with E-state index in [9.17, 15) is 0 Å². The summed E-state index contributed by atoms with van der Waals surface area (Å²) in [7, 11) is 0. The maximum atomic E-state index is 6.45. The second-order valence-corrected chi connectivity index (χ2v) is 16.9. The first-order chi connectivity index (χ1) is 32.7. The first-order valence-electron chi connectivity index (χ1n) is 22.6. The van der Waals surface area contributed by atoms with Gasteiger partial charge in [0.2, 0.25) is 0 Å². The number of furan rings is 1. The second-order valence-electron chi connectivity index (χ2n) is 16.9. The normalized spacial score (nSPS) is 11.3. The molecule has 0 saturated heterocycles. The molecule has 0 spiro atoms. The van der Waals surface area contributed by atoms with Crippen LogP contribution in [0, 0.1) is 0 Å². The monoisotopic (exact) mass is 841 g/mol. The predicted octanol–water partition coefficient (Wildman–Crippen LogP) is 18.2. The fraction of sp³-hybridized carbons (Fsp3) is 0. The van der Waals surface area contributed by atoms with E-state index in [1.807, 2.05) is 12.1 Å². The number of benzene rings is 11. The van der Waals surface area contributed by atoms with E-state index in [0.717, 1.165) is 66.8 Å². The highest BCUT2D eigenvalue weighted by atomic mass is 16.3. The maximum Gasteiger partial charge on any atom is 0.143 e. The molecule has 0 amide bonds. The van der Waals surface area contributed by atoms with Crippen molar-refractivity contribution in [1.29, 1.82) is 0 Å². The van der Waals surface area contributed by atoms with Gasteiger partial charge in [-0.3, -0.25) is 0 Å². The van der Waals surface area contributed by atoms with E-state index in [1.165, 1.54) is 49.7 Å². The number of hydrogen-bond acceptors (Lipinski definition) is 2. The third kappa shape index (κ3) is 7.31. The molecule has 0 saturated carbocycles. The topological polar surface area (TPSA) is 16.4 Å². The molecule has 0 aliphatic rings. The lowest BCUT2D eigenvalue weighted by atomic mass is 9.96. The van der Waals surface area contributed by atoms with Crippen LogP contribution in [0.15, 0.2) is 265 Å². The van der Waals surface area contributed by atoms with Crippen LogP contribution in [-0.4, -0.2) is 0 Å². The van der Waals surface area contributed by atoms with Gasteiger partial charge in [0.25, 0.3) is 0 Å². The minimum absolute atomic E-state index is 0.901. The molecule has 12 aromatic rings. The summed E-state index contributed by atoms with van der Waals surface area (Å²) in [5.41, 5.74) is 19.1. The van der Waals surface area contributed by atoms with Crippen molar-refractivity contribution in [2.45, 2.75) is 0 Å². The molecule has 12 rings (SSSR count). The van der Waals surface area contributed by atoms with Crippen LogP contribution in [-0.2, 0) is 0 Å². The zero-order valence-corrected chi connectivity index (χ0v) is 36.2. The van der Waals surface area contributed by atoms with Crippen molar-refractivity contribution in [3.05, 3.63) is 261 Å². The van der Waals surface area contributed by atoms with Crippen LogP contribution < -0.4 is 4.90 Å². The van der Waals surface area contributed by atoms with Gasteiger partial charge in [0.15, 0.2) is 0 Å². The van der Waals surface area contributed by atoms with Crippen molar-refractivity contribution in [2.24, 2.45) is 0 Å². The van der Waals surface area contributed by atoms with Crippen molar-refractivity contribution in [3.8, 4) is 66.8 Å². The van der Waals surface area contributed by atoms with Crippen molar-refractivity contribution < 1.29 is 4.42 Å². The first kappa shape index (κ1) is 38.9. The Kier molecular flexibility index (Phi) is 9.89. The van der Waals surface area contributed by atoms with E-state index in [1.54, 1.807) is 0 Å². The van der Waals surface area contributed by atoms with Crippen LogP contribution in [0.25, 0.3) is 99.5 Å². The zero-order valence-electron chi connectivity index (χ0n) is 36.2. The van der Waals surface area contributed by atoms with Crippen molar-refractivity contribution >= 4 is 49.8 Å². The van der Waals surface area contributed by atoms with Gasteiger partial charge in [0.05, 0.1) is 5.69 Å². The molecule has 0 radical (unpaired) electrons. The molecule has 1 aromatic heterocycles. The minimum Gasteiger partial charge on any atom is -0.455 e. The third-order valence-electron chi connectivity index (χ3n) is 12.9. The minimum atomic E-state index is 0.901. The molecule has 0 unspecified atom stereocenters. The summed E-state index contributed by atoms with van der Waals surface area (Å²) in [5, 5.41) is 4.77. The summed E-state index contributed by atoms with van der Waals surface area (Å²) < 4.78 is 6.45. The summed E-state index contributed by atoms with van der Waals surface area (Å²) >= 11 is 0. The summed E-state index contributed by atoms with van der Waals surface area (Å²) in [5.74, 6) is 0. The third-order valence-corrected chi connectivity index (χ3v) is 12.9. The van der Waals surface area contributed by atoms with Crippen molar-refractivity contribution in [3.63, 3.8) is 0 Å². The fourth-order valence-electron chi connectivity index (χ4n) is 9.48. The van der Waals surface area contributed by atoms with Crippen LogP contribution in [0.4, 0.5) is 17.1 Å². The molecule has 2 nitrogen and oxygen atoms in total. The predicted molar refractivity (Wildman–Crippen MR) is 279 cm³/mol. The highest BCUT2D eigenvalue weighted by Crippen LogP contribution is 2.43. The van der Waals surface area contributed by atoms with Gasteiger partial charge >= 0.3 is 0 Å². The summed E-state index contributed by atoms with van der Waals surface area (Å²) in [6, 6.07) is 93.8. The second kappa shape index (κ2) is 16.8. The molecule has 0 fully saturated rings. The number of anilines is 3. The molecule has 0 N–H and O–H groups in total. The van der Waals surface area contributed by atoms with E-state index in [0.29, 0.717) is 0 Å². The lowest BCUT2D eigenvalue weighted by Crippen LogP contribution is -2.11. The number of rotatable bonds is 9. The largest absolute Gasteiger partial charge is 0.455 e. The highest BCUT2D eigenvalue weighted by molar-refractivity contribution is 6.09. The molecule has 2 heteroatoms.